The van der Waals surface area contributed by atoms with E-state index in [2.05, 4.69) is 13.5 Å². The highest BCUT2D eigenvalue weighted by atomic mass is 32.2. The van der Waals surface area contributed by atoms with Crippen LogP contribution >= 0.6 is 11.7 Å². The summed E-state index contributed by atoms with van der Waals surface area (Å²) >= 11 is 1.02. The number of hydrogen-bond donors (Lipinski definition) is 1. The zero-order valence-electron chi connectivity index (χ0n) is 10.8. The van der Waals surface area contributed by atoms with E-state index in [4.69, 9.17) is 4.74 Å². The average molecular weight is 313 g/mol. The minimum absolute atomic E-state index is 0.175. The molecule has 0 aliphatic carbocycles. The Morgan fingerprint density at radius 3 is 3.10 bits per heavy atom. The Kier molecular flexibility index (Phi) is 3.97. The molecule has 1 saturated heterocycles. The van der Waals surface area contributed by atoms with Crippen LogP contribution < -0.4 is 4.72 Å². The van der Waals surface area contributed by atoms with Gasteiger partial charge in [-0.15, -0.1) is 0 Å². The molecule has 1 aromatic heterocycles. The minimum Gasteiger partial charge on any atom is -0.378 e. The van der Waals surface area contributed by atoms with Crippen molar-refractivity contribution in [3.05, 3.63) is 18.2 Å². The SMILES string of the molecule is O=S(=O)(NCCC1CCCO1)c1cccc2nsnc12. The first-order chi connectivity index (χ1) is 9.67. The zero-order chi connectivity index (χ0) is 14.0. The van der Waals surface area contributed by atoms with Gasteiger partial charge in [0.1, 0.15) is 15.9 Å². The summed E-state index contributed by atoms with van der Waals surface area (Å²) in [5, 5.41) is 0. The number of hydrogen-bond acceptors (Lipinski definition) is 6. The molecule has 2 aromatic rings. The maximum atomic E-state index is 12.3. The molecular formula is C12H15N3O3S2. The third-order valence-electron chi connectivity index (χ3n) is 3.32. The van der Waals surface area contributed by atoms with Gasteiger partial charge in [0.15, 0.2) is 0 Å². The lowest BCUT2D eigenvalue weighted by Crippen LogP contribution is -2.27. The van der Waals surface area contributed by atoms with Crippen molar-refractivity contribution in [3.8, 4) is 0 Å². The van der Waals surface area contributed by atoms with Gasteiger partial charge in [0.05, 0.1) is 17.8 Å². The summed E-state index contributed by atoms with van der Waals surface area (Å²) in [5.41, 5.74) is 1.04. The number of ether oxygens (including phenoxy) is 1. The zero-order valence-corrected chi connectivity index (χ0v) is 12.4. The van der Waals surface area contributed by atoms with E-state index in [0.717, 1.165) is 31.2 Å². The summed E-state index contributed by atoms with van der Waals surface area (Å²) in [6, 6.07) is 4.99. The van der Waals surface area contributed by atoms with E-state index in [-0.39, 0.29) is 11.0 Å². The Morgan fingerprint density at radius 1 is 1.40 bits per heavy atom. The highest BCUT2D eigenvalue weighted by Gasteiger charge is 2.21. The van der Waals surface area contributed by atoms with E-state index in [1.807, 2.05) is 0 Å². The van der Waals surface area contributed by atoms with Crippen LogP contribution in [0, 0.1) is 0 Å². The van der Waals surface area contributed by atoms with E-state index >= 15 is 0 Å². The molecule has 2 heterocycles. The van der Waals surface area contributed by atoms with Crippen molar-refractivity contribution in [1.82, 2.24) is 13.5 Å². The molecule has 0 spiro atoms. The van der Waals surface area contributed by atoms with Crippen molar-refractivity contribution >= 4 is 32.8 Å². The van der Waals surface area contributed by atoms with Crippen molar-refractivity contribution in [2.24, 2.45) is 0 Å². The number of rotatable bonds is 5. The van der Waals surface area contributed by atoms with Crippen LogP contribution in [0.5, 0.6) is 0 Å². The standard InChI is InChI=1S/C12H15N3O3S2/c16-20(17,13-7-6-9-3-2-8-18-9)11-5-1-4-10-12(11)15-19-14-10/h1,4-5,9,13H,2-3,6-8H2. The van der Waals surface area contributed by atoms with E-state index in [1.54, 1.807) is 18.2 Å². The molecule has 20 heavy (non-hydrogen) atoms. The first kappa shape index (κ1) is 13.9. The van der Waals surface area contributed by atoms with Crippen LogP contribution in [0.2, 0.25) is 0 Å². The van der Waals surface area contributed by atoms with E-state index in [1.165, 1.54) is 0 Å². The molecule has 0 saturated carbocycles. The van der Waals surface area contributed by atoms with Crippen molar-refractivity contribution in [1.29, 1.82) is 0 Å². The minimum atomic E-state index is -3.55. The van der Waals surface area contributed by atoms with Gasteiger partial charge >= 0.3 is 0 Å². The Bertz CT molecular complexity index is 693. The molecule has 3 rings (SSSR count). The molecule has 1 aromatic carbocycles. The van der Waals surface area contributed by atoms with Gasteiger partial charge in [-0.2, -0.15) is 8.75 Å². The quantitative estimate of drug-likeness (QED) is 0.905. The van der Waals surface area contributed by atoms with Crippen LogP contribution in [0.4, 0.5) is 0 Å². The van der Waals surface area contributed by atoms with Gasteiger partial charge in [0.25, 0.3) is 0 Å². The lowest BCUT2D eigenvalue weighted by molar-refractivity contribution is 0.105. The largest absolute Gasteiger partial charge is 0.378 e. The fourth-order valence-electron chi connectivity index (χ4n) is 2.30. The number of fused-ring (bicyclic) bond motifs is 1. The fraction of sp³-hybridized carbons (Fsp3) is 0.500. The Hall–Kier alpha value is -1.09. The van der Waals surface area contributed by atoms with Gasteiger partial charge in [-0.3, -0.25) is 0 Å². The second kappa shape index (κ2) is 5.72. The van der Waals surface area contributed by atoms with Crippen LogP contribution in [0.3, 0.4) is 0 Å². The van der Waals surface area contributed by atoms with Gasteiger partial charge in [0, 0.05) is 13.2 Å². The maximum Gasteiger partial charge on any atom is 0.242 e. The van der Waals surface area contributed by atoms with Crippen molar-refractivity contribution in [2.45, 2.75) is 30.3 Å². The third-order valence-corrected chi connectivity index (χ3v) is 5.36. The number of benzene rings is 1. The molecule has 1 aliphatic rings. The Labute approximate surface area is 121 Å². The highest BCUT2D eigenvalue weighted by Crippen LogP contribution is 2.21. The van der Waals surface area contributed by atoms with Gasteiger partial charge in [-0.05, 0) is 31.4 Å². The summed E-state index contributed by atoms with van der Waals surface area (Å²) in [4.78, 5) is 0.191. The molecule has 1 N–H and O–H groups in total. The Morgan fingerprint density at radius 2 is 2.30 bits per heavy atom. The van der Waals surface area contributed by atoms with Crippen molar-refractivity contribution in [2.75, 3.05) is 13.2 Å². The number of aromatic nitrogens is 2. The van der Waals surface area contributed by atoms with Crippen LogP contribution in [-0.4, -0.2) is 36.4 Å². The highest BCUT2D eigenvalue weighted by molar-refractivity contribution is 7.89. The molecule has 1 fully saturated rings. The third kappa shape index (κ3) is 2.83. The predicted octanol–water partition coefficient (Wildman–Crippen LogP) is 1.54. The number of sulfonamides is 1. The maximum absolute atomic E-state index is 12.3. The van der Waals surface area contributed by atoms with E-state index < -0.39 is 10.0 Å². The fourth-order valence-corrected chi connectivity index (χ4v) is 4.11. The predicted molar refractivity (Wildman–Crippen MR) is 76.2 cm³/mol. The summed E-state index contributed by atoms with van der Waals surface area (Å²) < 4.78 is 40.8. The molecule has 8 heteroatoms. The summed E-state index contributed by atoms with van der Waals surface area (Å²) in [7, 11) is -3.55. The van der Waals surface area contributed by atoms with Gasteiger partial charge in [-0.1, -0.05) is 6.07 Å². The van der Waals surface area contributed by atoms with Crippen LogP contribution in [-0.2, 0) is 14.8 Å². The Balaban J connectivity index is 1.72. The lowest BCUT2D eigenvalue weighted by Gasteiger charge is -2.10. The lowest BCUT2D eigenvalue weighted by atomic mass is 10.2. The number of nitrogens with zero attached hydrogens (tertiary/aromatic N) is 2. The van der Waals surface area contributed by atoms with Crippen molar-refractivity contribution < 1.29 is 13.2 Å². The molecule has 1 unspecified atom stereocenters. The molecule has 108 valence electrons. The molecule has 6 nitrogen and oxygen atoms in total. The summed E-state index contributed by atoms with van der Waals surface area (Å²) in [6.07, 6.45) is 2.94. The normalized spacial score (nSPS) is 19.7. The van der Waals surface area contributed by atoms with Crippen LogP contribution in [0.15, 0.2) is 23.1 Å². The first-order valence-corrected chi connectivity index (χ1v) is 8.71. The average Bonchev–Trinajstić information content (AvgIpc) is 3.08. The second-order valence-corrected chi connectivity index (χ2v) is 6.97. The topological polar surface area (TPSA) is 81.2 Å². The summed E-state index contributed by atoms with van der Waals surface area (Å²) in [5.74, 6) is 0. The molecule has 0 radical (unpaired) electrons. The van der Waals surface area contributed by atoms with Gasteiger partial charge in [0.2, 0.25) is 10.0 Å². The van der Waals surface area contributed by atoms with Gasteiger partial charge < -0.3 is 4.74 Å². The molecular weight excluding hydrogens is 298 g/mol. The smallest absolute Gasteiger partial charge is 0.242 e. The van der Waals surface area contributed by atoms with Crippen molar-refractivity contribution in [3.63, 3.8) is 0 Å². The summed E-state index contributed by atoms with van der Waals surface area (Å²) in [6.45, 7) is 1.15. The van der Waals surface area contributed by atoms with Gasteiger partial charge in [-0.25, -0.2) is 13.1 Å². The number of nitrogens with one attached hydrogen (secondary N) is 1. The molecule has 0 bridgehead atoms. The molecule has 1 aliphatic heterocycles. The monoisotopic (exact) mass is 313 g/mol. The van der Waals surface area contributed by atoms with E-state index in [0.29, 0.717) is 24.0 Å². The van der Waals surface area contributed by atoms with Crippen LogP contribution in [0.1, 0.15) is 19.3 Å². The molecule has 0 amide bonds. The van der Waals surface area contributed by atoms with Crippen LogP contribution in [0.25, 0.3) is 11.0 Å². The molecule has 1 atom stereocenters. The second-order valence-electron chi connectivity index (χ2n) is 4.71. The first-order valence-electron chi connectivity index (χ1n) is 6.49. The van der Waals surface area contributed by atoms with E-state index in [9.17, 15) is 8.42 Å².